The number of thiophene rings is 1. The predicted octanol–water partition coefficient (Wildman–Crippen LogP) is 1.66. The van der Waals surface area contributed by atoms with Crippen LogP contribution in [0.4, 0.5) is 5.69 Å². The third-order valence-corrected chi connectivity index (χ3v) is 7.08. The van der Waals surface area contributed by atoms with Gasteiger partial charge in [-0.2, -0.15) is 0 Å². The number of fused-ring (bicyclic) bond motifs is 3. The quantitative estimate of drug-likeness (QED) is 0.739. The van der Waals surface area contributed by atoms with E-state index < -0.39 is 21.3 Å². The number of nitrogens with zero attached hydrogens (tertiary/aromatic N) is 1. The molecule has 1 aromatic rings. The van der Waals surface area contributed by atoms with Crippen LogP contribution in [-0.4, -0.2) is 32.9 Å². The van der Waals surface area contributed by atoms with E-state index in [4.69, 9.17) is 4.74 Å². The third-order valence-electron chi connectivity index (χ3n) is 3.73. The van der Waals surface area contributed by atoms with E-state index in [1.807, 2.05) is 5.38 Å². The van der Waals surface area contributed by atoms with Crippen LogP contribution in [0.1, 0.15) is 31.2 Å². The normalized spacial score (nSPS) is 27.8. The van der Waals surface area contributed by atoms with Crippen molar-refractivity contribution in [3.05, 3.63) is 15.8 Å². The number of anilines is 1. The number of amides is 1. The number of carbonyl (C=O) groups is 1. The molecule has 1 saturated heterocycles. The molecule has 0 aliphatic carbocycles. The minimum atomic E-state index is -3.38. The minimum Gasteiger partial charge on any atom is -0.368 e. The number of hydrogen-bond acceptors (Lipinski definition) is 5. The highest BCUT2D eigenvalue weighted by molar-refractivity contribution is 7.91. The molecule has 0 spiro atoms. The number of ether oxygens (including phenoxy) is 1. The van der Waals surface area contributed by atoms with Crippen molar-refractivity contribution >= 4 is 32.8 Å². The molecule has 0 bridgehead atoms. The maximum atomic E-state index is 12.3. The van der Waals surface area contributed by atoms with Crippen molar-refractivity contribution in [2.45, 2.75) is 43.4 Å². The first kappa shape index (κ1) is 14.0. The van der Waals surface area contributed by atoms with Crippen molar-refractivity contribution in [2.24, 2.45) is 0 Å². The average molecular weight is 315 g/mol. The second-order valence-corrected chi connectivity index (χ2v) is 9.23. The van der Waals surface area contributed by atoms with Gasteiger partial charge in [0.15, 0.2) is 21.3 Å². The molecule has 2 aliphatic rings. The van der Waals surface area contributed by atoms with Crippen LogP contribution in [0.15, 0.2) is 5.38 Å². The predicted molar refractivity (Wildman–Crippen MR) is 77.7 cm³/mol. The Balaban J connectivity index is 2.18. The molecule has 1 fully saturated rings. The summed E-state index contributed by atoms with van der Waals surface area (Å²) in [5.41, 5.74) is 1.40. The second kappa shape index (κ2) is 4.05. The Kier molecular flexibility index (Phi) is 2.84. The average Bonchev–Trinajstić information content (AvgIpc) is 2.69. The SMILES string of the molecule is CO[C@H]1C(=O)N2c3c(csc3C(C)(C)C)CS(=O)(=O)[C@H]12. The summed E-state index contributed by atoms with van der Waals surface area (Å²) in [6.07, 6.45) is -0.860. The molecule has 0 unspecified atom stereocenters. The molecule has 110 valence electrons. The Morgan fingerprint density at radius 3 is 2.60 bits per heavy atom. The van der Waals surface area contributed by atoms with Gasteiger partial charge in [0.25, 0.3) is 5.91 Å². The Morgan fingerprint density at radius 2 is 2.05 bits per heavy atom. The van der Waals surface area contributed by atoms with E-state index in [2.05, 4.69) is 20.8 Å². The van der Waals surface area contributed by atoms with Crippen LogP contribution in [0.2, 0.25) is 0 Å². The molecule has 3 rings (SSSR count). The molecule has 2 atom stereocenters. The van der Waals surface area contributed by atoms with E-state index in [0.29, 0.717) is 0 Å². The molecule has 2 aliphatic heterocycles. The zero-order chi connectivity index (χ0) is 14.9. The highest BCUT2D eigenvalue weighted by Crippen LogP contribution is 2.49. The van der Waals surface area contributed by atoms with Crippen LogP contribution in [-0.2, 0) is 30.5 Å². The molecule has 3 heterocycles. The molecule has 0 radical (unpaired) electrons. The Morgan fingerprint density at radius 1 is 1.40 bits per heavy atom. The molecule has 0 saturated carbocycles. The van der Waals surface area contributed by atoms with Crippen molar-refractivity contribution < 1.29 is 17.9 Å². The van der Waals surface area contributed by atoms with Gasteiger partial charge in [0, 0.05) is 17.6 Å². The smallest absolute Gasteiger partial charge is 0.260 e. The van der Waals surface area contributed by atoms with Crippen LogP contribution in [0.5, 0.6) is 0 Å². The van der Waals surface area contributed by atoms with E-state index in [0.717, 1.165) is 16.1 Å². The number of β-lactam (4-membered cyclic amide) rings is 1. The number of methoxy groups -OCH3 is 1. The van der Waals surface area contributed by atoms with Gasteiger partial charge in [-0.25, -0.2) is 8.42 Å². The fraction of sp³-hybridized carbons (Fsp3) is 0.615. The molecule has 5 nitrogen and oxygen atoms in total. The lowest BCUT2D eigenvalue weighted by Crippen LogP contribution is -2.70. The standard InChI is InChI=1S/C13H17NO4S2/c1-13(2,3)10-8-7(5-19-10)6-20(16,17)12-9(18-4)11(15)14(8)12/h5,9,12H,6H2,1-4H3/t9-,12+/m0/s1. The Labute approximate surface area is 122 Å². The van der Waals surface area contributed by atoms with Crippen LogP contribution < -0.4 is 4.90 Å². The molecule has 7 heteroatoms. The number of rotatable bonds is 1. The summed E-state index contributed by atoms with van der Waals surface area (Å²) < 4.78 is 29.7. The van der Waals surface area contributed by atoms with Gasteiger partial charge in [-0.05, 0) is 10.8 Å². The zero-order valence-electron chi connectivity index (χ0n) is 11.8. The van der Waals surface area contributed by atoms with E-state index in [9.17, 15) is 13.2 Å². The first-order valence-corrected chi connectivity index (χ1v) is 8.96. The summed E-state index contributed by atoms with van der Waals surface area (Å²) in [5.74, 6) is -0.269. The van der Waals surface area contributed by atoms with E-state index in [1.54, 1.807) is 0 Å². The lowest BCUT2D eigenvalue weighted by molar-refractivity contribution is -0.136. The molecule has 1 amide bonds. The lowest BCUT2D eigenvalue weighted by Gasteiger charge is -2.48. The summed E-state index contributed by atoms with van der Waals surface area (Å²) in [5, 5.41) is 1.00. The second-order valence-electron chi connectivity index (χ2n) is 6.25. The zero-order valence-corrected chi connectivity index (χ0v) is 13.5. The number of carbonyl (C=O) groups excluding carboxylic acids is 1. The van der Waals surface area contributed by atoms with Crippen LogP contribution >= 0.6 is 11.3 Å². The van der Waals surface area contributed by atoms with Crippen molar-refractivity contribution in [1.82, 2.24) is 0 Å². The summed E-state index contributed by atoms with van der Waals surface area (Å²) in [7, 11) is -2.00. The van der Waals surface area contributed by atoms with Crippen LogP contribution in [0, 0.1) is 0 Å². The number of hydrogen-bond donors (Lipinski definition) is 0. The van der Waals surface area contributed by atoms with Gasteiger partial charge in [-0.3, -0.25) is 9.69 Å². The molecule has 1 aromatic heterocycles. The first-order chi connectivity index (χ1) is 9.18. The molecule has 0 N–H and O–H groups in total. The van der Waals surface area contributed by atoms with Gasteiger partial charge in [0.1, 0.15) is 0 Å². The van der Waals surface area contributed by atoms with Gasteiger partial charge in [-0.1, -0.05) is 20.8 Å². The summed E-state index contributed by atoms with van der Waals surface area (Å²) in [6, 6.07) is 0. The summed E-state index contributed by atoms with van der Waals surface area (Å²) in [6.45, 7) is 6.19. The topological polar surface area (TPSA) is 63.7 Å². The van der Waals surface area contributed by atoms with Gasteiger partial charge in [0.05, 0.1) is 11.4 Å². The maximum absolute atomic E-state index is 12.3. The van der Waals surface area contributed by atoms with Gasteiger partial charge >= 0.3 is 0 Å². The molecule has 0 aromatic carbocycles. The fourth-order valence-corrected chi connectivity index (χ4v) is 6.04. The van der Waals surface area contributed by atoms with E-state index in [1.165, 1.54) is 23.3 Å². The van der Waals surface area contributed by atoms with Gasteiger partial charge in [0.2, 0.25) is 0 Å². The largest absolute Gasteiger partial charge is 0.368 e. The first-order valence-electron chi connectivity index (χ1n) is 6.37. The maximum Gasteiger partial charge on any atom is 0.260 e. The highest BCUT2D eigenvalue weighted by Gasteiger charge is 2.59. The summed E-state index contributed by atoms with van der Waals surface area (Å²) in [4.78, 5) is 14.7. The minimum absolute atomic E-state index is 0.0107. The van der Waals surface area contributed by atoms with Crippen molar-refractivity contribution in [2.75, 3.05) is 12.0 Å². The van der Waals surface area contributed by atoms with Crippen molar-refractivity contribution in [1.29, 1.82) is 0 Å². The van der Waals surface area contributed by atoms with Gasteiger partial charge in [-0.15, -0.1) is 11.3 Å². The lowest BCUT2D eigenvalue weighted by atomic mass is 9.91. The summed E-state index contributed by atoms with van der Waals surface area (Å²) >= 11 is 1.52. The van der Waals surface area contributed by atoms with E-state index >= 15 is 0 Å². The number of sulfone groups is 1. The molecular formula is C13H17NO4S2. The Bertz CT molecular complexity index is 684. The highest BCUT2D eigenvalue weighted by atomic mass is 32.2. The molecule has 20 heavy (non-hydrogen) atoms. The monoisotopic (exact) mass is 315 g/mol. The van der Waals surface area contributed by atoms with E-state index in [-0.39, 0.29) is 17.1 Å². The fourth-order valence-electron chi connectivity index (χ4n) is 2.83. The van der Waals surface area contributed by atoms with Crippen LogP contribution in [0.3, 0.4) is 0 Å². The molecular weight excluding hydrogens is 298 g/mol. The van der Waals surface area contributed by atoms with Gasteiger partial charge < -0.3 is 4.74 Å². The van der Waals surface area contributed by atoms with Crippen molar-refractivity contribution in [3.63, 3.8) is 0 Å². The Hall–Kier alpha value is -0.920. The van der Waals surface area contributed by atoms with Crippen molar-refractivity contribution in [3.8, 4) is 0 Å². The van der Waals surface area contributed by atoms with Crippen LogP contribution in [0.25, 0.3) is 0 Å². The third kappa shape index (κ3) is 1.69.